The van der Waals surface area contributed by atoms with Gasteiger partial charge in [-0.15, -0.1) is 0 Å². The highest BCUT2D eigenvalue weighted by atomic mass is 32.2. The molecule has 0 saturated carbocycles. The van der Waals surface area contributed by atoms with E-state index in [0.717, 1.165) is 5.69 Å². The number of sulfone groups is 1. The van der Waals surface area contributed by atoms with Crippen molar-refractivity contribution in [1.82, 2.24) is 20.4 Å². The number of aliphatic imine (C=N–C) groups is 1. The van der Waals surface area contributed by atoms with Crippen molar-refractivity contribution in [2.45, 2.75) is 18.4 Å². The van der Waals surface area contributed by atoms with Crippen LogP contribution in [0.2, 0.25) is 0 Å². The maximum absolute atomic E-state index is 12.2. The first-order valence-corrected chi connectivity index (χ1v) is 9.45. The van der Waals surface area contributed by atoms with E-state index in [-0.39, 0.29) is 12.3 Å². The van der Waals surface area contributed by atoms with E-state index in [4.69, 9.17) is 0 Å². The Kier molecular flexibility index (Phi) is 6.36. The molecule has 1 aromatic carbocycles. The molecule has 2 rings (SSSR count). The Balaban J connectivity index is 1.93. The van der Waals surface area contributed by atoms with E-state index < -0.39 is 9.84 Å². The summed E-state index contributed by atoms with van der Waals surface area (Å²) in [4.78, 5) is 4.78. The van der Waals surface area contributed by atoms with Gasteiger partial charge in [0.1, 0.15) is 0 Å². The average Bonchev–Trinajstić information content (AvgIpc) is 2.98. The number of hydrogen-bond donors (Lipinski definition) is 2. The first-order valence-electron chi connectivity index (χ1n) is 7.80. The van der Waals surface area contributed by atoms with Crippen LogP contribution >= 0.6 is 0 Å². The number of nitrogens with zero attached hydrogens (tertiary/aromatic N) is 3. The Labute approximate surface area is 142 Å². The van der Waals surface area contributed by atoms with Gasteiger partial charge in [-0.05, 0) is 25.1 Å². The predicted octanol–water partition coefficient (Wildman–Crippen LogP) is 0.949. The molecule has 0 aliphatic rings. The number of guanidine groups is 1. The van der Waals surface area contributed by atoms with Gasteiger partial charge in [-0.25, -0.2) is 13.4 Å². The fourth-order valence-electron chi connectivity index (χ4n) is 2.11. The van der Waals surface area contributed by atoms with E-state index in [2.05, 4.69) is 20.7 Å². The lowest BCUT2D eigenvalue weighted by molar-refractivity contribution is 0.594. The lowest BCUT2D eigenvalue weighted by Crippen LogP contribution is -2.39. The van der Waals surface area contributed by atoms with Crippen molar-refractivity contribution in [3.05, 3.63) is 48.3 Å². The van der Waals surface area contributed by atoms with Gasteiger partial charge in [0.25, 0.3) is 0 Å². The molecule has 2 N–H and O–H groups in total. The van der Waals surface area contributed by atoms with Gasteiger partial charge in [0.15, 0.2) is 15.8 Å². The summed E-state index contributed by atoms with van der Waals surface area (Å²) in [5.41, 5.74) is 0.976. The minimum atomic E-state index is -3.30. The number of benzene rings is 1. The normalized spacial score (nSPS) is 12.2. The SMILES string of the molecule is CCNC(=NCc1ccnn1C)NCCS(=O)(=O)c1ccccc1. The highest BCUT2D eigenvalue weighted by Gasteiger charge is 2.13. The van der Waals surface area contributed by atoms with Crippen molar-refractivity contribution >= 4 is 15.8 Å². The van der Waals surface area contributed by atoms with E-state index in [1.165, 1.54) is 0 Å². The molecule has 0 aliphatic carbocycles. The maximum Gasteiger partial charge on any atom is 0.191 e. The lowest BCUT2D eigenvalue weighted by atomic mass is 10.4. The molecular weight excluding hydrogens is 326 g/mol. The summed E-state index contributed by atoms with van der Waals surface area (Å²) in [7, 11) is -1.44. The zero-order chi connectivity index (χ0) is 17.4. The zero-order valence-corrected chi connectivity index (χ0v) is 14.8. The summed E-state index contributed by atoms with van der Waals surface area (Å²) in [6, 6.07) is 10.4. The van der Waals surface area contributed by atoms with E-state index in [1.54, 1.807) is 41.2 Å². The molecule has 0 radical (unpaired) electrons. The van der Waals surface area contributed by atoms with E-state index >= 15 is 0 Å². The molecule has 7 nitrogen and oxygen atoms in total. The molecule has 24 heavy (non-hydrogen) atoms. The first-order chi connectivity index (χ1) is 11.5. The van der Waals surface area contributed by atoms with Crippen molar-refractivity contribution in [2.24, 2.45) is 12.0 Å². The van der Waals surface area contributed by atoms with Gasteiger partial charge in [0.2, 0.25) is 0 Å². The number of rotatable bonds is 7. The standard InChI is InChI=1S/C16H23N5O2S/c1-3-17-16(19-13-14-9-10-20-21(14)2)18-11-12-24(22,23)15-7-5-4-6-8-15/h4-10H,3,11-13H2,1-2H3,(H2,17,18,19). The first kappa shape index (κ1) is 18.0. The molecule has 1 aromatic heterocycles. The third kappa shape index (κ3) is 5.09. The molecular formula is C16H23N5O2S. The monoisotopic (exact) mass is 349 g/mol. The van der Waals surface area contributed by atoms with Crippen LogP contribution in [0.15, 0.2) is 52.5 Å². The largest absolute Gasteiger partial charge is 0.357 e. The molecule has 0 amide bonds. The highest BCUT2D eigenvalue weighted by Crippen LogP contribution is 2.09. The molecule has 130 valence electrons. The van der Waals surface area contributed by atoms with Gasteiger partial charge in [-0.1, -0.05) is 18.2 Å². The van der Waals surface area contributed by atoms with Crippen LogP contribution < -0.4 is 10.6 Å². The Morgan fingerprint density at radius 1 is 1.21 bits per heavy atom. The second-order valence-corrected chi connectivity index (χ2v) is 7.31. The van der Waals surface area contributed by atoms with Crippen molar-refractivity contribution in [3.8, 4) is 0 Å². The Morgan fingerprint density at radius 2 is 1.96 bits per heavy atom. The van der Waals surface area contributed by atoms with Crippen molar-refractivity contribution in [2.75, 3.05) is 18.8 Å². The van der Waals surface area contributed by atoms with Crippen LogP contribution in [0, 0.1) is 0 Å². The molecule has 0 fully saturated rings. The second-order valence-electron chi connectivity index (χ2n) is 5.20. The van der Waals surface area contributed by atoms with E-state index in [1.807, 2.05) is 20.0 Å². The number of aromatic nitrogens is 2. The van der Waals surface area contributed by atoms with Gasteiger partial charge >= 0.3 is 0 Å². The Morgan fingerprint density at radius 3 is 2.58 bits per heavy atom. The third-order valence-electron chi connectivity index (χ3n) is 3.43. The third-order valence-corrected chi connectivity index (χ3v) is 5.16. The van der Waals surface area contributed by atoms with Crippen LogP contribution in [-0.2, 0) is 23.4 Å². The van der Waals surface area contributed by atoms with Gasteiger partial charge in [-0.2, -0.15) is 5.10 Å². The van der Waals surface area contributed by atoms with Gasteiger partial charge in [0.05, 0.1) is 22.9 Å². The van der Waals surface area contributed by atoms with Crippen LogP contribution in [0.3, 0.4) is 0 Å². The molecule has 0 saturated heterocycles. The number of hydrogen-bond acceptors (Lipinski definition) is 4. The van der Waals surface area contributed by atoms with E-state index in [0.29, 0.717) is 23.9 Å². The average molecular weight is 349 g/mol. The minimum Gasteiger partial charge on any atom is -0.357 e. The molecule has 0 bridgehead atoms. The predicted molar refractivity (Wildman–Crippen MR) is 94.5 cm³/mol. The van der Waals surface area contributed by atoms with E-state index in [9.17, 15) is 8.42 Å². The molecule has 0 aliphatic heterocycles. The van der Waals surface area contributed by atoms with Gasteiger partial charge in [-0.3, -0.25) is 4.68 Å². The molecule has 0 spiro atoms. The topological polar surface area (TPSA) is 88.4 Å². The van der Waals surface area contributed by atoms with Crippen LogP contribution in [0.1, 0.15) is 12.6 Å². The summed E-state index contributed by atoms with van der Waals surface area (Å²) in [6.07, 6.45) is 1.72. The quantitative estimate of drug-likeness (QED) is 0.574. The zero-order valence-electron chi connectivity index (χ0n) is 13.9. The summed E-state index contributed by atoms with van der Waals surface area (Å²) < 4.78 is 26.3. The lowest BCUT2D eigenvalue weighted by Gasteiger charge is -2.11. The van der Waals surface area contributed by atoms with Crippen molar-refractivity contribution in [3.63, 3.8) is 0 Å². The molecule has 0 atom stereocenters. The van der Waals surface area contributed by atoms with Crippen LogP contribution in [0.4, 0.5) is 0 Å². The maximum atomic E-state index is 12.2. The number of nitrogens with one attached hydrogen (secondary N) is 2. The molecule has 0 unspecified atom stereocenters. The molecule has 8 heteroatoms. The summed E-state index contributed by atoms with van der Waals surface area (Å²) in [5, 5.41) is 10.3. The fraction of sp³-hybridized carbons (Fsp3) is 0.375. The molecule has 1 heterocycles. The summed E-state index contributed by atoms with van der Waals surface area (Å²) in [6.45, 7) is 3.41. The minimum absolute atomic E-state index is 0.00708. The summed E-state index contributed by atoms with van der Waals surface area (Å²) >= 11 is 0. The van der Waals surface area contributed by atoms with Crippen molar-refractivity contribution < 1.29 is 8.42 Å². The highest BCUT2D eigenvalue weighted by molar-refractivity contribution is 7.91. The summed E-state index contributed by atoms with van der Waals surface area (Å²) in [5.74, 6) is 0.592. The van der Waals surface area contributed by atoms with Crippen LogP contribution in [0.25, 0.3) is 0 Å². The Hall–Kier alpha value is -2.35. The fourth-order valence-corrected chi connectivity index (χ4v) is 3.29. The van der Waals surface area contributed by atoms with Crippen molar-refractivity contribution in [1.29, 1.82) is 0 Å². The number of aryl methyl sites for hydroxylation is 1. The van der Waals surface area contributed by atoms with Gasteiger partial charge in [0, 0.05) is 26.3 Å². The second kappa shape index (κ2) is 8.49. The van der Waals surface area contributed by atoms with Crippen LogP contribution in [0.5, 0.6) is 0 Å². The van der Waals surface area contributed by atoms with Crippen LogP contribution in [-0.4, -0.2) is 43.0 Å². The van der Waals surface area contributed by atoms with Gasteiger partial charge < -0.3 is 10.6 Å². The smallest absolute Gasteiger partial charge is 0.191 e. The Bertz CT molecular complexity index is 769. The molecule has 2 aromatic rings.